The fraction of sp³-hybridized carbons (Fsp3) is 0.174. The van der Waals surface area contributed by atoms with Crippen molar-refractivity contribution in [3.63, 3.8) is 0 Å². The summed E-state index contributed by atoms with van der Waals surface area (Å²) in [6.07, 6.45) is 0.411. The number of hydrogen-bond acceptors (Lipinski definition) is 3. The maximum atomic E-state index is 11.1. The summed E-state index contributed by atoms with van der Waals surface area (Å²) in [4.78, 5) is 11.1. The number of carboxylic acids is 1. The Morgan fingerprint density at radius 1 is 0.815 bits per heavy atom. The molecule has 27 heavy (non-hydrogen) atoms. The number of aliphatic carboxylic acids is 1. The van der Waals surface area contributed by atoms with Crippen LogP contribution >= 0.6 is 11.8 Å². The molecule has 0 heterocycles. The van der Waals surface area contributed by atoms with E-state index in [9.17, 15) is 4.79 Å². The molecule has 0 aliphatic heterocycles. The molecule has 3 rings (SSSR count). The van der Waals surface area contributed by atoms with E-state index in [1.807, 2.05) is 54.6 Å². The summed E-state index contributed by atoms with van der Waals surface area (Å²) in [6, 6.07) is 30.2. The Kier molecular flexibility index (Phi) is 6.32. The van der Waals surface area contributed by atoms with Gasteiger partial charge < -0.3 is 10.8 Å². The molecular weight excluding hydrogens is 354 g/mol. The minimum atomic E-state index is -0.958. The second kappa shape index (κ2) is 8.89. The molecule has 0 bridgehead atoms. The minimum absolute atomic E-state index is 0.411. The normalized spacial score (nSPS) is 12.5. The van der Waals surface area contributed by atoms with Crippen molar-refractivity contribution >= 4 is 17.7 Å². The largest absolute Gasteiger partial charge is 0.480 e. The van der Waals surface area contributed by atoms with E-state index in [4.69, 9.17) is 10.8 Å². The predicted octanol–water partition coefficient (Wildman–Crippen LogP) is 4.51. The number of carboxylic acid groups (broad SMARTS) is 1. The molecule has 3 aromatic carbocycles. The molecule has 0 fully saturated rings. The molecule has 0 aliphatic carbocycles. The molecule has 0 saturated heterocycles. The summed E-state index contributed by atoms with van der Waals surface area (Å²) < 4.78 is -0.429. The minimum Gasteiger partial charge on any atom is -0.480 e. The maximum Gasteiger partial charge on any atom is 0.320 e. The van der Waals surface area contributed by atoms with Crippen LogP contribution in [0.2, 0.25) is 0 Å². The number of thioether (sulfide) groups is 1. The van der Waals surface area contributed by atoms with E-state index >= 15 is 0 Å². The van der Waals surface area contributed by atoms with Gasteiger partial charge in [0.15, 0.2) is 0 Å². The quantitative estimate of drug-likeness (QED) is 0.567. The fourth-order valence-electron chi connectivity index (χ4n) is 3.23. The third-order valence-corrected chi connectivity index (χ3v) is 6.19. The number of hydrogen-bond donors (Lipinski definition) is 2. The Morgan fingerprint density at radius 2 is 1.19 bits per heavy atom. The van der Waals surface area contributed by atoms with Crippen LogP contribution in [-0.4, -0.2) is 22.9 Å². The zero-order valence-electron chi connectivity index (χ0n) is 15.0. The van der Waals surface area contributed by atoms with Gasteiger partial charge in [0.25, 0.3) is 0 Å². The molecule has 0 spiro atoms. The molecule has 3 aromatic rings. The number of rotatable bonds is 8. The molecule has 0 amide bonds. The molecule has 0 aromatic heterocycles. The Morgan fingerprint density at radius 3 is 1.52 bits per heavy atom. The third kappa shape index (κ3) is 4.24. The van der Waals surface area contributed by atoms with Gasteiger partial charge in [-0.2, -0.15) is 0 Å². The van der Waals surface area contributed by atoms with Gasteiger partial charge in [-0.3, -0.25) is 4.79 Å². The van der Waals surface area contributed by atoms with Crippen LogP contribution in [0.15, 0.2) is 91.0 Å². The molecule has 3 N–H and O–H groups in total. The van der Waals surface area contributed by atoms with E-state index in [1.54, 1.807) is 11.8 Å². The van der Waals surface area contributed by atoms with Crippen molar-refractivity contribution in [2.24, 2.45) is 5.73 Å². The van der Waals surface area contributed by atoms with E-state index < -0.39 is 16.8 Å². The highest BCUT2D eigenvalue weighted by Crippen LogP contribution is 2.48. The van der Waals surface area contributed by atoms with Gasteiger partial charge in [-0.05, 0) is 28.9 Å². The third-order valence-electron chi connectivity index (χ3n) is 4.61. The van der Waals surface area contributed by atoms with Gasteiger partial charge in [-0.15, -0.1) is 11.8 Å². The van der Waals surface area contributed by atoms with E-state index in [-0.39, 0.29) is 0 Å². The summed E-state index contributed by atoms with van der Waals surface area (Å²) in [5, 5.41) is 9.13. The van der Waals surface area contributed by atoms with Crippen molar-refractivity contribution in [3.8, 4) is 0 Å². The van der Waals surface area contributed by atoms with Crippen LogP contribution in [0.4, 0.5) is 0 Å². The lowest BCUT2D eigenvalue weighted by molar-refractivity contribution is -0.138. The highest BCUT2D eigenvalue weighted by atomic mass is 32.2. The van der Waals surface area contributed by atoms with Crippen molar-refractivity contribution < 1.29 is 9.90 Å². The highest BCUT2D eigenvalue weighted by Gasteiger charge is 2.36. The Labute approximate surface area is 164 Å². The standard InChI is InChI=1S/C23H23NO2S/c24-21(22(25)26)16-17-27-23(18-10-4-1-5-11-18,19-12-6-2-7-13-19)20-14-8-3-9-15-20/h1-15,21H,16-17,24H2,(H,25,26)/t21-/m0/s1. The highest BCUT2D eigenvalue weighted by molar-refractivity contribution is 8.00. The van der Waals surface area contributed by atoms with E-state index in [0.717, 1.165) is 16.7 Å². The van der Waals surface area contributed by atoms with Gasteiger partial charge in [0.2, 0.25) is 0 Å². The Balaban J connectivity index is 2.10. The van der Waals surface area contributed by atoms with Crippen molar-refractivity contribution in [2.45, 2.75) is 17.2 Å². The van der Waals surface area contributed by atoms with E-state index in [0.29, 0.717) is 12.2 Å². The topological polar surface area (TPSA) is 63.3 Å². The molecule has 1 atom stereocenters. The van der Waals surface area contributed by atoms with Gasteiger partial charge >= 0.3 is 5.97 Å². The second-order valence-electron chi connectivity index (χ2n) is 6.36. The summed E-state index contributed by atoms with van der Waals surface area (Å²) in [6.45, 7) is 0. The second-order valence-corrected chi connectivity index (χ2v) is 7.67. The maximum absolute atomic E-state index is 11.1. The monoisotopic (exact) mass is 377 g/mol. The lowest BCUT2D eigenvalue weighted by Crippen LogP contribution is -2.32. The van der Waals surface area contributed by atoms with Crippen LogP contribution in [0, 0.1) is 0 Å². The van der Waals surface area contributed by atoms with Crippen LogP contribution < -0.4 is 5.73 Å². The first-order valence-corrected chi connectivity index (χ1v) is 9.92. The first-order valence-electron chi connectivity index (χ1n) is 8.93. The van der Waals surface area contributed by atoms with Gasteiger partial charge in [-0.1, -0.05) is 91.0 Å². The lowest BCUT2D eigenvalue weighted by atomic mass is 9.84. The first kappa shape index (κ1) is 19.2. The molecule has 3 nitrogen and oxygen atoms in total. The zero-order chi connectivity index (χ0) is 19.1. The van der Waals surface area contributed by atoms with Crippen molar-refractivity contribution in [1.82, 2.24) is 0 Å². The molecular formula is C23H23NO2S. The summed E-state index contributed by atoms with van der Waals surface area (Å²) in [5.74, 6) is -0.327. The molecule has 0 saturated carbocycles. The van der Waals surface area contributed by atoms with Crippen LogP contribution in [0.1, 0.15) is 23.1 Å². The van der Waals surface area contributed by atoms with Crippen LogP contribution in [0.25, 0.3) is 0 Å². The predicted molar refractivity (Wildman–Crippen MR) is 112 cm³/mol. The molecule has 0 unspecified atom stereocenters. The van der Waals surface area contributed by atoms with Gasteiger partial charge in [0.1, 0.15) is 6.04 Å². The van der Waals surface area contributed by atoms with Gasteiger partial charge in [0.05, 0.1) is 4.75 Å². The van der Waals surface area contributed by atoms with Crippen LogP contribution in [-0.2, 0) is 9.54 Å². The van der Waals surface area contributed by atoms with Crippen LogP contribution in [0.3, 0.4) is 0 Å². The fourth-order valence-corrected chi connectivity index (χ4v) is 4.82. The van der Waals surface area contributed by atoms with Crippen molar-refractivity contribution in [2.75, 3.05) is 5.75 Å². The van der Waals surface area contributed by atoms with Crippen molar-refractivity contribution in [3.05, 3.63) is 108 Å². The summed E-state index contributed by atoms with van der Waals surface area (Å²) >= 11 is 1.73. The average molecular weight is 378 g/mol. The van der Waals surface area contributed by atoms with E-state index in [2.05, 4.69) is 36.4 Å². The summed E-state index contributed by atoms with van der Waals surface area (Å²) in [5.41, 5.74) is 9.24. The Hall–Kier alpha value is -2.56. The van der Waals surface area contributed by atoms with Crippen molar-refractivity contribution in [1.29, 1.82) is 0 Å². The molecule has 4 heteroatoms. The zero-order valence-corrected chi connectivity index (χ0v) is 15.8. The van der Waals surface area contributed by atoms with E-state index in [1.165, 1.54) is 0 Å². The summed E-state index contributed by atoms with van der Waals surface area (Å²) in [7, 11) is 0. The SMILES string of the molecule is N[C@@H](CCSC(c1ccccc1)(c1ccccc1)c1ccccc1)C(=O)O. The lowest BCUT2D eigenvalue weighted by Gasteiger charge is -2.35. The average Bonchev–Trinajstić information content (AvgIpc) is 2.73. The van der Waals surface area contributed by atoms with Crippen LogP contribution in [0.5, 0.6) is 0 Å². The molecule has 0 radical (unpaired) electrons. The number of nitrogens with two attached hydrogens (primary N) is 1. The molecule has 0 aliphatic rings. The smallest absolute Gasteiger partial charge is 0.320 e. The van der Waals surface area contributed by atoms with Gasteiger partial charge in [0, 0.05) is 0 Å². The first-order chi connectivity index (χ1) is 13.1. The van der Waals surface area contributed by atoms with Gasteiger partial charge in [-0.25, -0.2) is 0 Å². The Bertz CT molecular complexity index is 757. The number of carbonyl (C=O) groups is 1. The molecule has 138 valence electrons. The number of benzene rings is 3.